The van der Waals surface area contributed by atoms with Gasteiger partial charge in [0, 0.05) is 6.42 Å². The zero-order valence-corrected chi connectivity index (χ0v) is 18.1. The molecule has 1 aromatic rings. The Kier molecular flexibility index (Phi) is 9.94. The first-order chi connectivity index (χ1) is 14.4. The predicted octanol–water partition coefficient (Wildman–Crippen LogP) is 1.35. The smallest absolute Gasteiger partial charge is 0.408 e. The van der Waals surface area contributed by atoms with E-state index in [1.807, 2.05) is 0 Å². The maximum absolute atomic E-state index is 12.7. The molecule has 0 bridgehead atoms. The van der Waals surface area contributed by atoms with Gasteiger partial charge in [-0.3, -0.25) is 9.59 Å². The molecule has 4 N–H and O–H groups in total. The second-order valence-electron chi connectivity index (χ2n) is 7.95. The van der Waals surface area contributed by atoms with Crippen LogP contribution in [0.4, 0.5) is 4.79 Å². The van der Waals surface area contributed by atoms with E-state index in [0.29, 0.717) is 0 Å². The van der Waals surface area contributed by atoms with Crippen LogP contribution >= 0.6 is 0 Å². The number of carboxylic acids is 1. The summed E-state index contributed by atoms with van der Waals surface area (Å²) < 4.78 is 10.3. The molecule has 172 valence electrons. The average Bonchev–Trinajstić information content (AvgIpc) is 2.66. The molecule has 10 nitrogen and oxygen atoms in total. The van der Waals surface area contributed by atoms with Gasteiger partial charge < -0.3 is 30.3 Å². The van der Waals surface area contributed by atoms with Crippen LogP contribution in [0.1, 0.15) is 46.1 Å². The molecule has 10 heteroatoms. The van der Waals surface area contributed by atoms with E-state index in [1.165, 1.54) is 6.92 Å². The van der Waals surface area contributed by atoms with Gasteiger partial charge in [-0.25, -0.2) is 9.59 Å². The van der Waals surface area contributed by atoms with Crippen molar-refractivity contribution in [3.8, 4) is 0 Å². The van der Waals surface area contributed by atoms with Gasteiger partial charge >= 0.3 is 18.0 Å². The molecule has 0 saturated carbocycles. The normalized spacial score (nSPS) is 14.0. The molecule has 3 unspecified atom stereocenters. The number of carboxylic acid groups (broad SMARTS) is 1. The molecule has 2 amide bonds. The first-order valence-corrected chi connectivity index (χ1v) is 9.79. The number of carbonyl (C=O) groups excluding carboxylic acids is 3. The first-order valence-electron chi connectivity index (χ1n) is 9.79. The van der Waals surface area contributed by atoms with Gasteiger partial charge in [-0.2, -0.15) is 0 Å². The van der Waals surface area contributed by atoms with E-state index >= 15 is 0 Å². The molecular formula is C21H30N2O8. The van der Waals surface area contributed by atoms with Crippen LogP contribution in [0.15, 0.2) is 30.3 Å². The number of rotatable bonds is 10. The topological polar surface area (TPSA) is 151 Å². The molecule has 31 heavy (non-hydrogen) atoms. The standard InChI is InChI=1S/C21H30N2O8/c1-13(24)17(19(28)30-12-14-8-6-5-7-9-14)23-18(27)15(10-11-16(25)26)22-20(29)31-21(2,3)4/h5-9,13,15,17,24H,10-12H2,1-4H3,(H,22,29)(H,23,27)(H,25,26). The highest BCUT2D eigenvalue weighted by Gasteiger charge is 2.32. The van der Waals surface area contributed by atoms with E-state index in [-0.39, 0.29) is 13.0 Å². The summed E-state index contributed by atoms with van der Waals surface area (Å²) in [5.74, 6) is -2.89. The van der Waals surface area contributed by atoms with Crippen LogP contribution in [-0.2, 0) is 30.5 Å². The van der Waals surface area contributed by atoms with Gasteiger partial charge in [0.25, 0.3) is 0 Å². The lowest BCUT2D eigenvalue weighted by molar-refractivity contribution is -0.152. The Morgan fingerprint density at radius 2 is 1.68 bits per heavy atom. The molecule has 0 heterocycles. The number of alkyl carbamates (subject to hydrolysis) is 1. The Labute approximate surface area is 180 Å². The third-order valence-electron chi connectivity index (χ3n) is 3.91. The Hall–Kier alpha value is -3.14. The SMILES string of the molecule is CC(O)C(NC(=O)C(CCC(=O)O)NC(=O)OC(C)(C)C)C(=O)OCc1ccccc1. The quantitative estimate of drug-likeness (QED) is 0.400. The lowest BCUT2D eigenvalue weighted by Gasteiger charge is -2.25. The van der Waals surface area contributed by atoms with Crippen molar-refractivity contribution < 1.29 is 38.9 Å². The maximum Gasteiger partial charge on any atom is 0.408 e. The van der Waals surface area contributed by atoms with E-state index in [1.54, 1.807) is 51.1 Å². The number of carbonyl (C=O) groups is 4. The Morgan fingerprint density at radius 1 is 1.06 bits per heavy atom. The third kappa shape index (κ3) is 10.4. The van der Waals surface area contributed by atoms with Crippen molar-refractivity contribution in [2.75, 3.05) is 0 Å². The number of aliphatic hydroxyl groups excluding tert-OH is 1. The summed E-state index contributed by atoms with van der Waals surface area (Å²) in [6.07, 6.45) is -2.87. The van der Waals surface area contributed by atoms with E-state index in [4.69, 9.17) is 14.6 Å². The molecule has 1 rings (SSSR count). The van der Waals surface area contributed by atoms with Crippen LogP contribution in [0.25, 0.3) is 0 Å². The summed E-state index contributed by atoms with van der Waals surface area (Å²) in [5, 5.41) is 23.5. The van der Waals surface area contributed by atoms with Gasteiger partial charge in [0.2, 0.25) is 5.91 Å². The average molecular weight is 438 g/mol. The third-order valence-corrected chi connectivity index (χ3v) is 3.91. The van der Waals surface area contributed by atoms with Gasteiger partial charge in [0.15, 0.2) is 6.04 Å². The summed E-state index contributed by atoms with van der Waals surface area (Å²) in [6, 6.07) is 6.13. The summed E-state index contributed by atoms with van der Waals surface area (Å²) in [6.45, 7) is 6.13. The lowest BCUT2D eigenvalue weighted by atomic mass is 10.1. The van der Waals surface area contributed by atoms with Gasteiger partial charge in [0.1, 0.15) is 18.2 Å². The van der Waals surface area contributed by atoms with Crippen LogP contribution in [0.2, 0.25) is 0 Å². The zero-order chi connectivity index (χ0) is 23.6. The lowest BCUT2D eigenvalue weighted by Crippen LogP contribution is -2.55. The van der Waals surface area contributed by atoms with Crippen LogP contribution in [0.5, 0.6) is 0 Å². The molecule has 0 spiro atoms. The van der Waals surface area contributed by atoms with E-state index in [2.05, 4.69) is 10.6 Å². The minimum absolute atomic E-state index is 0.0582. The van der Waals surface area contributed by atoms with Crippen molar-refractivity contribution in [1.29, 1.82) is 0 Å². The monoisotopic (exact) mass is 438 g/mol. The zero-order valence-electron chi connectivity index (χ0n) is 18.1. The second kappa shape index (κ2) is 11.9. The van der Waals surface area contributed by atoms with Crippen LogP contribution in [0.3, 0.4) is 0 Å². The molecule has 0 aliphatic carbocycles. The number of amides is 2. The molecule has 0 aromatic heterocycles. The Morgan fingerprint density at radius 3 is 2.19 bits per heavy atom. The van der Waals surface area contributed by atoms with E-state index in [9.17, 15) is 24.3 Å². The Balaban J connectivity index is 2.82. The minimum Gasteiger partial charge on any atom is -0.481 e. The highest BCUT2D eigenvalue weighted by atomic mass is 16.6. The number of nitrogens with one attached hydrogen (secondary N) is 2. The largest absolute Gasteiger partial charge is 0.481 e. The maximum atomic E-state index is 12.7. The highest BCUT2D eigenvalue weighted by molar-refractivity contribution is 5.90. The van der Waals surface area contributed by atoms with Crippen LogP contribution in [-0.4, -0.2) is 57.9 Å². The van der Waals surface area contributed by atoms with Crippen molar-refractivity contribution >= 4 is 23.9 Å². The summed E-state index contributed by atoms with van der Waals surface area (Å²) in [4.78, 5) is 48.0. The number of esters is 1. The van der Waals surface area contributed by atoms with E-state index < -0.39 is 54.1 Å². The van der Waals surface area contributed by atoms with Crippen molar-refractivity contribution in [3.05, 3.63) is 35.9 Å². The van der Waals surface area contributed by atoms with Crippen molar-refractivity contribution in [2.45, 2.75) is 70.9 Å². The number of benzene rings is 1. The van der Waals surface area contributed by atoms with E-state index in [0.717, 1.165) is 5.56 Å². The fourth-order valence-corrected chi connectivity index (χ4v) is 2.44. The van der Waals surface area contributed by atoms with Gasteiger partial charge in [-0.1, -0.05) is 30.3 Å². The molecule has 0 radical (unpaired) electrons. The molecule has 3 atom stereocenters. The molecule has 0 aliphatic rings. The fraction of sp³-hybridized carbons (Fsp3) is 0.524. The van der Waals surface area contributed by atoms with Crippen molar-refractivity contribution in [3.63, 3.8) is 0 Å². The molecule has 1 aromatic carbocycles. The predicted molar refractivity (Wildman–Crippen MR) is 110 cm³/mol. The highest BCUT2D eigenvalue weighted by Crippen LogP contribution is 2.09. The van der Waals surface area contributed by atoms with Gasteiger partial charge in [-0.05, 0) is 39.7 Å². The number of hydrogen-bond acceptors (Lipinski definition) is 7. The van der Waals surface area contributed by atoms with Crippen LogP contribution < -0.4 is 10.6 Å². The molecule has 0 aliphatic heterocycles. The van der Waals surface area contributed by atoms with Crippen LogP contribution in [0, 0.1) is 0 Å². The number of hydrogen-bond donors (Lipinski definition) is 4. The molecule has 0 saturated heterocycles. The minimum atomic E-state index is -1.41. The second-order valence-corrected chi connectivity index (χ2v) is 7.95. The van der Waals surface area contributed by atoms with Crippen molar-refractivity contribution in [1.82, 2.24) is 10.6 Å². The summed E-state index contributed by atoms with van der Waals surface area (Å²) >= 11 is 0. The molecular weight excluding hydrogens is 408 g/mol. The van der Waals surface area contributed by atoms with Gasteiger partial charge in [0.05, 0.1) is 6.10 Å². The number of ether oxygens (including phenoxy) is 2. The number of aliphatic hydroxyl groups is 1. The number of aliphatic carboxylic acids is 1. The fourth-order valence-electron chi connectivity index (χ4n) is 2.44. The van der Waals surface area contributed by atoms with Crippen molar-refractivity contribution in [2.24, 2.45) is 0 Å². The molecule has 0 fully saturated rings. The summed E-state index contributed by atoms with van der Waals surface area (Å²) in [7, 11) is 0. The van der Waals surface area contributed by atoms with Gasteiger partial charge in [-0.15, -0.1) is 0 Å². The first kappa shape index (κ1) is 25.9. The summed E-state index contributed by atoms with van der Waals surface area (Å²) in [5.41, 5.74) is -0.112. The Bertz CT molecular complexity index is 758.